The van der Waals surface area contributed by atoms with E-state index in [1.807, 2.05) is 55.8 Å². The van der Waals surface area contributed by atoms with Gasteiger partial charge in [-0.15, -0.1) is 11.3 Å². The highest BCUT2D eigenvalue weighted by atomic mass is 32.1. The van der Waals surface area contributed by atoms with Gasteiger partial charge in [0.25, 0.3) is 0 Å². The van der Waals surface area contributed by atoms with E-state index in [9.17, 15) is 9.59 Å². The molecule has 0 aliphatic carbocycles. The summed E-state index contributed by atoms with van der Waals surface area (Å²) in [7, 11) is 0. The molecule has 6 nitrogen and oxygen atoms in total. The number of benzene rings is 1. The summed E-state index contributed by atoms with van der Waals surface area (Å²) >= 11 is 1.23. The monoisotopic (exact) mass is 397 g/mol. The van der Waals surface area contributed by atoms with E-state index in [2.05, 4.69) is 10.4 Å². The number of aryl methyl sites for hydroxylation is 2. The van der Waals surface area contributed by atoms with Crippen LogP contribution in [0.2, 0.25) is 0 Å². The normalized spacial score (nSPS) is 10.7. The minimum atomic E-state index is -0.360. The molecule has 146 valence electrons. The first-order chi connectivity index (χ1) is 13.4. The van der Waals surface area contributed by atoms with E-state index in [-0.39, 0.29) is 18.3 Å². The summed E-state index contributed by atoms with van der Waals surface area (Å²) in [6.07, 6.45) is 0.218. The van der Waals surface area contributed by atoms with Crippen LogP contribution >= 0.6 is 11.3 Å². The van der Waals surface area contributed by atoms with Crippen molar-refractivity contribution in [3.8, 4) is 5.69 Å². The summed E-state index contributed by atoms with van der Waals surface area (Å²) in [6, 6.07) is 11.6. The number of aromatic nitrogens is 2. The Balaban J connectivity index is 1.75. The van der Waals surface area contributed by atoms with Gasteiger partial charge in [0.05, 0.1) is 29.4 Å². The molecule has 7 heteroatoms. The van der Waals surface area contributed by atoms with Crippen molar-refractivity contribution in [1.82, 2.24) is 9.78 Å². The SMILES string of the molecule is CCOC(=O)c1sc(NC(=O)Cc2c(C)nn(-c3ccccc3)c2C)cc1C. The third-order valence-electron chi connectivity index (χ3n) is 4.42. The molecular formula is C21H23N3O3S. The van der Waals surface area contributed by atoms with Crippen molar-refractivity contribution in [2.24, 2.45) is 0 Å². The molecule has 0 fully saturated rings. The van der Waals surface area contributed by atoms with Crippen LogP contribution in [0.1, 0.15) is 39.1 Å². The molecule has 0 spiro atoms. The van der Waals surface area contributed by atoms with Crippen molar-refractivity contribution in [2.75, 3.05) is 11.9 Å². The third kappa shape index (κ3) is 4.14. The predicted molar refractivity (Wildman–Crippen MR) is 110 cm³/mol. The smallest absolute Gasteiger partial charge is 0.348 e. The predicted octanol–water partition coefficient (Wildman–Crippen LogP) is 4.22. The molecule has 1 aromatic carbocycles. The Morgan fingerprint density at radius 3 is 2.57 bits per heavy atom. The van der Waals surface area contributed by atoms with Crippen molar-refractivity contribution in [3.05, 3.63) is 63.8 Å². The van der Waals surface area contributed by atoms with Gasteiger partial charge in [-0.2, -0.15) is 5.10 Å². The highest BCUT2D eigenvalue weighted by molar-refractivity contribution is 7.18. The standard InChI is InChI=1S/C21H23N3O3S/c1-5-27-21(26)20-13(2)11-19(28-20)22-18(25)12-17-14(3)23-24(15(17)4)16-9-7-6-8-10-16/h6-11H,5,12H2,1-4H3,(H,22,25). The summed E-state index contributed by atoms with van der Waals surface area (Å²) in [6.45, 7) is 7.79. The quantitative estimate of drug-likeness (QED) is 0.632. The van der Waals surface area contributed by atoms with Gasteiger partial charge in [0.1, 0.15) is 4.88 Å². The highest BCUT2D eigenvalue weighted by Gasteiger charge is 2.19. The number of thiophene rings is 1. The largest absolute Gasteiger partial charge is 0.462 e. The number of nitrogens with one attached hydrogen (secondary N) is 1. The molecule has 0 radical (unpaired) electrons. The molecule has 0 saturated heterocycles. The fourth-order valence-corrected chi connectivity index (χ4v) is 4.02. The van der Waals surface area contributed by atoms with Crippen molar-refractivity contribution in [2.45, 2.75) is 34.1 Å². The van der Waals surface area contributed by atoms with Gasteiger partial charge in [-0.05, 0) is 51.5 Å². The van der Waals surface area contributed by atoms with Crippen LogP contribution < -0.4 is 5.32 Å². The van der Waals surface area contributed by atoms with E-state index in [0.29, 0.717) is 16.5 Å². The van der Waals surface area contributed by atoms with Gasteiger partial charge in [-0.1, -0.05) is 18.2 Å². The molecule has 2 heterocycles. The van der Waals surface area contributed by atoms with E-state index in [1.165, 1.54) is 11.3 Å². The molecule has 2 aromatic heterocycles. The molecule has 28 heavy (non-hydrogen) atoms. The maximum absolute atomic E-state index is 12.6. The lowest BCUT2D eigenvalue weighted by atomic mass is 10.1. The highest BCUT2D eigenvalue weighted by Crippen LogP contribution is 2.28. The molecule has 0 aliphatic rings. The summed E-state index contributed by atoms with van der Waals surface area (Å²) in [5.74, 6) is -0.503. The first-order valence-corrected chi connectivity index (χ1v) is 9.90. The van der Waals surface area contributed by atoms with Crippen LogP contribution in [0, 0.1) is 20.8 Å². The molecule has 0 aliphatic heterocycles. The maximum atomic E-state index is 12.6. The number of nitrogens with zero attached hydrogens (tertiary/aromatic N) is 2. The number of ether oxygens (including phenoxy) is 1. The molecule has 0 bridgehead atoms. The second kappa shape index (κ2) is 8.39. The first kappa shape index (κ1) is 19.8. The Labute approximate surface area is 168 Å². The number of para-hydroxylation sites is 1. The van der Waals surface area contributed by atoms with E-state index in [4.69, 9.17) is 4.74 Å². The molecule has 3 rings (SSSR count). The van der Waals surface area contributed by atoms with E-state index in [0.717, 1.165) is 28.2 Å². The molecular weight excluding hydrogens is 374 g/mol. The summed E-state index contributed by atoms with van der Waals surface area (Å²) in [5.41, 5.74) is 4.42. The first-order valence-electron chi connectivity index (χ1n) is 9.08. The van der Waals surface area contributed by atoms with Crippen LogP contribution in [0.25, 0.3) is 5.69 Å². The van der Waals surface area contributed by atoms with Gasteiger partial charge in [-0.25, -0.2) is 9.48 Å². The number of anilines is 1. The number of hydrogen-bond acceptors (Lipinski definition) is 5. The average Bonchev–Trinajstić information content (AvgIpc) is 3.16. The Hall–Kier alpha value is -2.93. The third-order valence-corrected chi connectivity index (χ3v) is 5.55. The maximum Gasteiger partial charge on any atom is 0.348 e. The van der Waals surface area contributed by atoms with Crippen molar-refractivity contribution < 1.29 is 14.3 Å². The van der Waals surface area contributed by atoms with Crippen LogP contribution in [-0.4, -0.2) is 28.3 Å². The van der Waals surface area contributed by atoms with Crippen molar-refractivity contribution in [1.29, 1.82) is 0 Å². The summed E-state index contributed by atoms with van der Waals surface area (Å²) < 4.78 is 6.90. The van der Waals surface area contributed by atoms with E-state index >= 15 is 0 Å². The Morgan fingerprint density at radius 1 is 1.18 bits per heavy atom. The van der Waals surface area contributed by atoms with Crippen LogP contribution in [0.4, 0.5) is 5.00 Å². The number of carbonyl (C=O) groups is 2. The van der Waals surface area contributed by atoms with E-state index in [1.54, 1.807) is 13.0 Å². The lowest BCUT2D eigenvalue weighted by Crippen LogP contribution is -2.14. The average molecular weight is 398 g/mol. The van der Waals surface area contributed by atoms with Gasteiger partial charge in [0.2, 0.25) is 5.91 Å². The van der Waals surface area contributed by atoms with Crippen molar-refractivity contribution in [3.63, 3.8) is 0 Å². The lowest BCUT2D eigenvalue weighted by molar-refractivity contribution is -0.115. The van der Waals surface area contributed by atoms with Gasteiger partial charge in [0, 0.05) is 11.3 Å². The molecule has 0 atom stereocenters. The van der Waals surface area contributed by atoms with Gasteiger partial charge in [0.15, 0.2) is 0 Å². The summed E-state index contributed by atoms with van der Waals surface area (Å²) in [4.78, 5) is 25.1. The van der Waals surface area contributed by atoms with E-state index < -0.39 is 0 Å². The minimum Gasteiger partial charge on any atom is -0.462 e. The van der Waals surface area contributed by atoms with Crippen LogP contribution in [0.3, 0.4) is 0 Å². The summed E-state index contributed by atoms with van der Waals surface area (Å²) in [5, 5.41) is 8.10. The number of esters is 1. The fraction of sp³-hybridized carbons (Fsp3) is 0.286. The molecule has 3 aromatic rings. The van der Waals surface area contributed by atoms with Crippen LogP contribution in [-0.2, 0) is 16.0 Å². The topological polar surface area (TPSA) is 73.2 Å². The van der Waals surface area contributed by atoms with Crippen LogP contribution in [0.5, 0.6) is 0 Å². The number of carbonyl (C=O) groups excluding carboxylic acids is 2. The second-order valence-electron chi connectivity index (χ2n) is 6.46. The van der Waals surface area contributed by atoms with Crippen molar-refractivity contribution >= 4 is 28.2 Å². The Morgan fingerprint density at radius 2 is 1.89 bits per heavy atom. The van der Waals surface area contributed by atoms with Gasteiger partial charge < -0.3 is 10.1 Å². The Bertz CT molecular complexity index is 1010. The fourth-order valence-electron chi connectivity index (χ4n) is 3.04. The van der Waals surface area contributed by atoms with Gasteiger partial charge >= 0.3 is 5.97 Å². The zero-order valence-corrected chi connectivity index (χ0v) is 17.2. The number of rotatable bonds is 6. The molecule has 1 amide bonds. The molecule has 0 unspecified atom stereocenters. The molecule has 0 saturated carbocycles. The molecule has 1 N–H and O–H groups in total. The number of hydrogen-bond donors (Lipinski definition) is 1. The van der Waals surface area contributed by atoms with Crippen LogP contribution in [0.15, 0.2) is 36.4 Å². The Kier molecular flexibility index (Phi) is 5.94. The number of amides is 1. The zero-order chi connectivity index (χ0) is 20.3. The van der Waals surface area contributed by atoms with Gasteiger partial charge in [-0.3, -0.25) is 4.79 Å². The lowest BCUT2D eigenvalue weighted by Gasteiger charge is -2.06. The zero-order valence-electron chi connectivity index (χ0n) is 16.4. The minimum absolute atomic E-state index is 0.143. The second-order valence-corrected chi connectivity index (χ2v) is 7.52.